The van der Waals surface area contributed by atoms with Crippen molar-refractivity contribution in [3.05, 3.63) is 70.5 Å². The Morgan fingerprint density at radius 3 is 2.57 bits per heavy atom. The highest BCUT2D eigenvalue weighted by atomic mass is 32.2. The summed E-state index contributed by atoms with van der Waals surface area (Å²) >= 11 is 0. The van der Waals surface area contributed by atoms with Crippen molar-refractivity contribution >= 4 is 27.8 Å². The van der Waals surface area contributed by atoms with Gasteiger partial charge in [-0.1, -0.05) is 17.7 Å². The minimum Gasteiger partial charge on any atom is -0.505 e. The summed E-state index contributed by atoms with van der Waals surface area (Å²) < 4.78 is 37.7. The summed E-state index contributed by atoms with van der Waals surface area (Å²) in [6, 6.07) is 9.74. The van der Waals surface area contributed by atoms with Crippen LogP contribution in [0.3, 0.4) is 0 Å². The third-order valence-corrected chi connectivity index (χ3v) is 5.76. The number of carbonyl (C=O) groups is 1. The predicted molar refractivity (Wildman–Crippen MR) is 111 cm³/mol. The van der Waals surface area contributed by atoms with Gasteiger partial charge in [-0.2, -0.15) is 0 Å². The number of ether oxygens (including phenoxy) is 1. The molecule has 0 bridgehead atoms. The van der Waals surface area contributed by atoms with Gasteiger partial charge in [0.15, 0.2) is 5.76 Å². The van der Waals surface area contributed by atoms with Crippen molar-refractivity contribution in [1.29, 1.82) is 0 Å². The smallest absolute Gasteiger partial charge is 0.343 e. The molecule has 0 radical (unpaired) electrons. The Kier molecular flexibility index (Phi) is 6.23. The van der Waals surface area contributed by atoms with Crippen LogP contribution in [0.4, 0.5) is 0 Å². The molecule has 30 heavy (non-hydrogen) atoms. The van der Waals surface area contributed by atoms with Crippen molar-refractivity contribution < 1.29 is 27.5 Å². The van der Waals surface area contributed by atoms with E-state index >= 15 is 0 Å². The molecule has 9 heteroatoms. The molecule has 0 saturated heterocycles. The molecule has 0 aliphatic carbocycles. The molecule has 8 nitrogen and oxygen atoms in total. The molecule has 0 amide bonds. The Balaban J connectivity index is 1.72. The minimum absolute atomic E-state index is 0.0146. The number of hydrogen-bond acceptors (Lipinski definition) is 7. The van der Waals surface area contributed by atoms with Gasteiger partial charge in [0.05, 0.1) is 23.8 Å². The quantitative estimate of drug-likeness (QED) is 0.651. The number of esters is 1. The van der Waals surface area contributed by atoms with Crippen LogP contribution in [0.25, 0.3) is 6.08 Å². The molecule has 2 N–H and O–H groups in total. The van der Waals surface area contributed by atoms with E-state index in [1.807, 2.05) is 6.92 Å². The number of aryl methyl sites for hydroxylation is 1. The van der Waals surface area contributed by atoms with Crippen LogP contribution in [-0.4, -0.2) is 31.8 Å². The van der Waals surface area contributed by atoms with Gasteiger partial charge in [-0.3, -0.25) is 0 Å². The van der Waals surface area contributed by atoms with Gasteiger partial charge in [0.1, 0.15) is 22.8 Å². The zero-order chi connectivity index (χ0) is 21.9. The molecule has 0 saturated carbocycles. The highest BCUT2D eigenvalue weighted by Crippen LogP contribution is 2.27. The van der Waals surface area contributed by atoms with Crippen LogP contribution in [0.5, 0.6) is 0 Å². The maximum absolute atomic E-state index is 12.4. The first-order valence-corrected chi connectivity index (χ1v) is 10.7. The summed E-state index contributed by atoms with van der Waals surface area (Å²) in [6.07, 6.45) is 1.46. The number of rotatable bonds is 7. The highest BCUT2D eigenvalue weighted by molar-refractivity contribution is 7.89. The summed E-state index contributed by atoms with van der Waals surface area (Å²) in [4.78, 5) is 16.3. The second-order valence-corrected chi connectivity index (χ2v) is 8.38. The fraction of sp³-hybridized carbons (Fsp3) is 0.238. The lowest BCUT2D eigenvalue weighted by atomic mass is 10.1. The average molecular weight is 430 g/mol. The SMILES string of the molecule is CCOC(=O)C1=C(O)/C(=C\c2ccc(CNS(=O)(=O)c3ccc(C)cc3)o2)N=C1C. The van der Waals surface area contributed by atoms with Crippen molar-refractivity contribution in [3.63, 3.8) is 0 Å². The standard InChI is InChI=1S/C21H22N2O6S/c1-4-28-21(25)19-14(3)23-18(20(19)24)11-15-7-8-16(29-15)12-22-30(26,27)17-9-5-13(2)6-10-17/h5-11,22,24H,4,12H2,1-3H3/b18-11+. The van der Waals surface area contributed by atoms with Gasteiger partial charge in [-0.05, 0) is 45.0 Å². The molecule has 0 spiro atoms. The molecule has 3 rings (SSSR count). The number of hydrogen-bond donors (Lipinski definition) is 2. The van der Waals surface area contributed by atoms with Gasteiger partial charge >= 0.3 is 5.97 Å². The van der Waals surface area contributed by atoms with Crippen LogP contribution in [0, 0.1) is 6.92 Å². The Labute approximate surface area is 174 Å². The molecular weight excluding hydrogens is 408 g/mol. The van der Waals surface area contributed by atoms with E-state index in [9.17, 15) is 18.3 Å². The number of furan rings is 1. The first kappa shape index (κ1) is 21.5. The summed E-state index contributed by atoms with van der Waals surface area (Å²) in [5.41, 5.74) is 1.48. The molecular formula is C21H22N2O6S. The number of aliphatic hydroxyl groups excluding tert-OH is 1. The first-order chi connectivity index (χ1) is 14.2. The van der Waals surface area contributed by atoms with E-state index in [1.165, 1.54) is 18.2 Å². The molecule has 1 aromatic carbocycles. The topological polar surface area (TPSA) is 118 Å². The summed E-state index contributed by atoms with van der Waals surface area (Å²) in [5, 5.41) is 10.3. The van der Waals surface area contributed by atoms with Crippen LogP contribution in [0.2, 0.25) is 0 Å². The number of carbonyl (C=O) groups excluding carboxylic acids is 1. The van der Waals surface area contributed by atoms with Gasteiger partial charge < -0.3 is 14.3 Å². The lowest BCUT2D eigenvalue weighted by Crippen LogP contribution is -2.22. The molecule has 2 aromatic rings. The molecule has 2 heterocycles. The van der Waals surface area contributed by atoms with Gasteiger partial charge in [-0.15, -0.1) is 0 Å². The molecule has 0 unspecified atom stereocenters. The second-order valence-electron chi connectivity index (χ2n) is 6.61. The Hall–Kier alpha value is -3.17. The van der Waals surface area contributed by atoms with E-state index in [4.69, 9.17) is 9.15 Å². The molecule has 1 aliphatic rings. The van der Waals surface area contributed by atoms with Crippen LogP contribution in [-0.2, 0) is 26.1 Å². The Morgan fingerprint density at radius 1 is 1.20 bits per heavy atom. The molecule has 158 valence electrons. The third-order valence-electron chi connectivity index (χ3n) is 4.34. The van der Waals surface area contributed by atoms with E-state index in [-0.39, 0.29) is 35.1 Å². The number of nitrogens with one attached hydrogen (secondary N) is 1. The van der Waals surface area contributed by atoms with Crippen molar-refractivity contribution in [2.24, 2.45) is 4.99 Å². The van der Waals surface area contributed by atoms with Gasteiger partial charge in [0.25, 0.3) is 0 Å². The zero-order valence-electron chi connectivity index (χ0n) is 16.8. The van der Waals surface area contributed by atoms with Crippen LogP contribution < -0.4 is 4.72 Å². The van der Waals surface area contributed by atoms with Gasteiger partial charge in [0, 0.05) is 6.08 Å². The molecule has 0 atom stereocenters. The number of nitrogens with zero attached hydrogens (tertiary/aromatic N) is 1. The van der Waals surface area contributed by atoms with Crippen LogP contribution >= 0.6 is 0 Å². The fourth-order valence-electron chi connectivity index (χ4n) is 2.81. The Bertz CT molecular complexity index is 1150. The fourth-order valence-corrected chi connectivity index (χ4v) is 3.80. The van der Waals surface area contributed by atoms with Crippen molar-refractivity contribution in [1.82, 2.24) is 4.72 Å². The normalized spacial score (nSPS) is 15.6. The number of aliphatic imine (C=N–C) groups is 1. The predicted octanol–water partition coefficient (Wildman–Crippen LogP) is 3.26. The largest absolute Gasteiger partial charge is 0.505 e. The monoisotopic (exact) mass is 430 g/mol. The van der Waals surface area contributed by atoms with Gasteiger partial charge in [-0.25, -0.2) is 22.9 Å². The van der Waals surface area contributed by atoms with Crippen molar-refractivity contribution in [2.75, 3.05) is 6.61 Å². The number of sulfonamides is 1. The molecule has 0 fully saturated rings. The van der Waals surface area contributed by atoms with Crippen molar-refractivity contribution in [3.8, 4) is 0 Å². The second kappa shape index (κ2) is 8.68. The van der Waals surface area contributed by atoms with E-state index in [0.717, 1.165) is 5.56 Å². The van der Waals surface area contributed by atoms with Gasteiger partial charge in [0.2, 0.25) is 10.0 Å². The van der Waals surface area contributed by atoms with Crippen LogP contribution in [0.15, 0.2) is 67.7 Å². The summed E-state index contributed by atoms with van der Waals surface area (Å²) in [5.74, 6) is -0.206. The third kappa shape index (κ3) is 4.69. The highest BCUT2D eigenvalue weighted by Gasteiger charge is 2.27. The zero-order valence-corrected chi connectivity index (χ0v) is 17.6. The maximum Gasteiger partial charge on any atom is 0.343 e. The molecule has 1 aliphatic heterocycles. The van der Waals surface area contributed by atoms with E-state index < -0.39 is 16.0 Å². The van der Waals surface area contributed by atoms with E-state index in [1.54, 1.807) is 38.1 Å². The Morgan fingerprint density at radius 2 is 1.90 bits per heavy atom. The molecule has 1 aromatic heterocycles. The number of benzene rings is 1. The number of aliphatic hydroxyl groups is 1. The summed E-state index contributed by atoms with van der Waals surface area (Å²) in [6.45, 7) is 5.28. The lowest BCUT2D eigenvalue weighted by Gasteiger charge is -2.05. The first-order valence-electron chi connectivity index (χ1n) is 9.24. The van der Waals surface area contributed by atoms with E-state index in [2.05, 4.69) is 9.71 Å². The average Bonchev–Trinajstić information content (AvgIpc) is 3.25. The summed E-state index contributed by atoms with van der Waals surface area (Å²) in [7, 11) is -3.67. The van der Waals surface area contributed by atoms with Crippen LogP contribution in [0.1, 0.15) is 30.9 Å². The lowest BCUT2D eigenvalue weighted by molar-refractivity contribution is -0.138. The maximum atomic E-state index is 12.4. The van der Waals surface area contributed by atoms with Crippen molar-refractivity contribution in [2.45, 2.75) is 32.2 Å². The minimum atomic E-state index is -3.67. The van der Waals surface area contributed by atoms with E-state index in [0.29, 0.717) is 17.2 Å².